The van der Waals surface area contributed by atoms with Crippen molar-refractivity contribution in [2.45, 2.75) is 45.1 Å². The minimum absolute atomic E-state index is 0.322. The Morgan fingerprint density at radius 2 is 1.68 bits per heavy atom. The molecule has 3 rings (SSSR count). The van der Waals surface area contributed by atoms with Gasteiger partial charge in [-0.1, -0.05) is 25.1 Å². The Morgan fingerprint density at radius 1 is 1.11 bits per heavy atom. The van der Waals surface area contributed by atoms with Crippen LogP contribution >= 0.6 is 0 Å². The van der Waals surface area contributed by atoms with Crippen LogP contribution in [0.3, 0.4) is 0 Å². The summed E-state index contributed by atoms with van der Waals surface area (Å²) < 4.78 is 0. The lowest BCUT2D eigenvalue weighted by molar-refractivity contribution is 0.174. The molecular weight excluding hydrogens is 234 g/mol. The van der Waals surface area contributed by atoms with Crippen LogP contribution in [0.5, 0.6) is 0 Å². The standard InChI is InChI=1S/C17H25NO/c1-2-17(19)15-5-3-4-6-16(15)18(11-13-7-8-13)12-14-9-10-14/h3-6,13-14,17,19H,2,7-12H2,1H3/t17-/m0/s1. The van der Waals surface area contributed by atoms with Crippen LogP contribution in [-0.4, -0.2) is 18.2 Å². The zero-order chi connectivity index (χ0) is 13.2. The van der Waals surface area contributed by atoms with E-state index in [1.54, 1.807) is 0 Å². The van der Waals surface area contributed by atoms with Crippen LogP contribution in [0.15, 0.2) is 24.3 Å². The van der Waals surface area contributed by atoms with Crippen LogP contribution in [0.1, 0.15) is 50.7 Å². The molecule has 0 radical (unpaired) electrons. The maximum Gasteiger partial charge on any atom is 0.0807 e. The molecule has 0 bridgehead atoms. The van der Waals surface area contributed by atoms with E-state index in [0.717, 1.165) is 23.8 Å². The summed E-state index contributed by atoms with van der Waals surface area (Å²) in [6.45, 7) is 4.42. The first-order chi connectivity index (χ1) is 9.28. The molecule has 0 amide bonds. The van der Waals surface area contributed by atoms with Gasteiger partial charge in [0, 0.05) is 24.3 Å². The maximum atomic E-state index is 10.2. The number of benzene rings is 1. The van der Waals surface area contributed by atoms with Crippen molar-refractivity contribution in [3.8, 4) is 0 Å². The zero-order valence-corrected chi connectivity index (χ0v) is 11.9. The molecule has 2 nitrogen and oxygen atoms in total. The third kappa shape index (κ3) is 3.30. The second-order valence-corrected chi connectivity index (χ2v) is 6.27. The highest BCUT2D eigenvalue weighted by molar-refractivity contribution is 5.55. The largest absolute Gasteiger partial charge is 0.388 e. The first-order valence-electron chi connectivity index (χ1n) is 7.80. The van der Waals surface area contributed by atoms with Gasteiger partial charge in [0.05, 0.1) is 6.10 Å². The van der Waals surface area contributed by atoms with E-state index >= 15 is 0 Å². The van der Waals surface area contributed by atoms with Gasteiger partial charge in [0.1, 0.15) is 0 Å². The van der Waals surface area contributed by atoms with Gasteiger partial charge in [-0.15, -0.1) is 0 Å². The molecule has 0 saturated heterocycles. The first-order valence-corrected chi connectivity index (χ1v) is 7.80. The summed E-state index contributed by atoms with van der Waals surface area (Å²) in [7, 11) is 0. The van der Waals surface area contributed by atoms with Gasteiger partial charge in [0.25, 0.3) is 0 Å². The smallest absolute Gasteiger partial charge is 0.0807 e. The lowest BCUT2D eigenvalue weighted by Crippen LogP contribution is -2.29. The normalized spacial score (nSPS) is 20.3. The van der Waals surface area contributed by atoms with E-state index in [-0.39, 0.29) is 6.10 Å². The quantitative estimate of drug-likeness (QED) is 0.806. The Bertz CT molecular complexity index is 409. The van der Waals surface area contributed by atoms with E-state index in [4.69, 9.17) is 0 Å². The van der Waals surface area contributed by atoms with Gasteiger partial charge in [-0.25, -0.2) is 0 Å². The van der Waals surface area contributed by atoms with Gasteiger partial charge in [0.2, 0.25) is 0 Å². The number of para-hydroxylation sites is 1. The van der Waals surface area contributed by atoms with Crippen LogP contribution in [0.4, 0.5) is 5.69 Å². The Balaban J connectivity index is 1.82. The van der Waals surface area contributed by atoms with E-state index < -0.39 is 0 Å². The van der Waals surface area contributed by atoms with Crippen molar-refractivity contribution in [3.05, 3.63) is 29.8 Å². The van der Waals surface area contributed by atoms with E-state index in [9.17, 15) is 5.11 Å². The second-order valence-electron chi connectivity index (χ2n) is 6.27. The summed E-state index contributed by atoms with van der Waals surface area (Å²) >= 11 is 0. The van der Waals surface area contributed by atoms with E-state index in [2.05, 4.69) is 23.1 Å². The molecule has 2 aliphatic rings. The Labute approximate surface area is 116 Å². The van der Waals surface area contributed by atoms with Crippen molar-refractivity contribution in [1.82, 2.24) is 0 Å². The van der Waals surface area contributed by atoms with Gasteiger partial charge in [0.15, 0.2) is 0 Å². The second kappa shape index (κ2) is 5.54. The molecule has 0 aromatic heterocycles. The molecule has 2 heteroatoms. The molecule has 2 saturated carbocycles. The molecule has 0 heterocycles. The fraction of sp³-hybridized carbons (Fsp3) is 0.647. The molecule has 104 valence electrons. The minimum atomic E-state index is -0.322. The van der Waals surface area contributed by atoms with Crippen LogP contribution in [-0.2, 0) is 0 Å². The topological polar surface area (TPSA) is 23.5 Å². The van der Waals surface area contributed by atoms with Gasteiger partial charge in [-0.05, 0) is 50.0 Å². The molecule has 1 aromatic rings. The van der Waals surface area contributed by atoms with Crippen molar-refractivity contribution < 1.29 is 5.11 Å². The SMILES string of the molecule is CC[C@H](O)c1ccccc1N(CC1CC1)CC1CC1. The summed E-state index contributed by atoms with van der Waals surface area (Å²) in [5, 5.41) is 10.2. The summed E-state index contributed by atoms with van der Waals surface area (Å²) in [6, 6.07) is 8.44. The average Bonchev–Trinajstić information content (AvgIpc) is 3.32. The van der Waals surface area contributed by atoms with Gasteiger partial charge < -0.3 is 10.0 Å². The third-order valence-electron chi connectivity index (χ3n) is 4.37. The zero-order valence-electron chi connectivity index (χ0n) is 11.9. The molecule has 2 fully saturated rings. The van der Waals surface area contributed by atoms with E-state index in [0.29, 0.717) is 0 Å². The monoisotopic (exact) mass is 259 g/mol. The summed E-state index contributed by atoms with van der Waals surface area (Å²) in [6.07, 6.45) is 6.02. The molecule has 19 heavy (non-hydrogen) atoms. The molecule has 1 N–H and O–H groups in total. The van der Waals surface area contributed by atoms with Crippen LogP contribution in [0.2, 0.25) is 0 Å². The highest BCUT2D eigenvalue weighted by Crippen LogP contribution is 2.38. The van der Waals surface area contributed by atoms with Crippen LogP contribution in [0, 0.1) is 11.8 Å². The minimum Gasteiger partial charge on any atom is -0.388 e. The number of hydrogen-bond donors (Lipinski definition) is 1. The number of aliphatic hydroxyl groups is 1. The Kier molecular flexibility index (Phi) is 3.79. The highest BCUT2D eigenvalue weighted by Gasteiger charge is 2.30. The molecule has 0 spiro atoms. The Hall–Kier alpha value is -1.02. The molecule has 1 atom stereocenters. The first kappa shape index (κ1) is 13.0. The number of hydrogen-bond acceptors (Lipinski definition) is 2. The van der Waals surface area contributed by atoms with E-state index in [1.807, 2.05) is 13.0 Å². The van der Waals surface area contributed by atoms with Gasteiger partial charge in [-0.2, -0.15) is 0 Å². The fourth-order valence-corrected chi connectivity index (χ4v) is 2.77. The van der Waals surface area contributed by atoms with Crippen LogP contribution < -0.4 is 4.90 Å². The third-order valence-corrected chi connectivity index (χ3v) is 4.37. The average molecular weight is 259 g/mol. The number of aliphatic hydroxyl groups excluding tert-OH is 1. The lowest BCUT2D eigenvalue weighted by Gasteiger charge is -2.28. The number of rotatable bonds is 7. The van der Waals surface area contributed by atoms with Crippen LogP contribution in [0.25, 0.3) is 0 Å². The Morgan fingerprint density at radius 3 is 2.21 bits per heavy atom. The van der Waals surface area contributed by atoms with Gasteiger partial charge >= 0.3 is 0 Å². The summed E-state index contributed by atoms with van der Waals surface area (Å²) in [4.78, 5) is 2.55. The van der Waals surface area contributed by atoms with Crippen molar-refractivity contribution in [1.29, 1.82) is 0 Å². The van der Waals surface area contributed by atoms with Crippen molar-refractivity contribution in [2.75, 3.05) is 18.0 Å². The fourth-order valence-electron chi connectivity index (χ4n) is 2.77. The van der Waals surface area contributed by atoms with Crippen molar-refractivity contribution in [3.63, 3.8) is 0 Å². The lowest BCUT2D eigenvalue weighted by atomic mass is 10.0. The molecule has 2 aliphatic carbocycles. The van der Waals surface area contributed by atoms with E-state index in [1.165, 1.54) is 44.5 Å². The maximum absolute atomic E-state index is 10.2. The van der Waals surface area contributed by atoms with Crippen molar-refractivity contribution in [2.24, 2.45) is 11.8 Å². The van der Waals surface area contributed by atoms with Gasteiger partial charge in [-0.3, -0.25) is 0 Å². The molecule has 0 aliphatic heterocycles. The molecule has 0 unspecified atom stereocenters. The predicted octanol–water partition coefficient (Wildman–Crippen LogP) is 3.76. The highest BCUT2D eigenvalue weighted by atomic mass is 16.3. The molecular formula is C17H25NO. The number of nitrogens with zero attached hydrogens (tertiary/aromatic N) is 1. The molecule has 1 aromatic carbocycles. The van der Waals surface area contributed by atoms with Crippen molar-refractivity contribution >= 4 is 5.69 Å². The number of anilines is 1. The predicted molar refractivity (Wildman–Crippen MR) is 79.4 cm³/mol. The summed E-state index contributed by atoms with van der Waals surface area (Å²) in [5.41, 5.74) is 2.39. The summed E-state index contributed by atoms with van der Waals surface area (Å²) in [5.74, 6) is 1.79.